The summed E-state index contributed by atoms with van der Waals surface area (Å²) in [5, 5.41) is 0. The molecule has 2 aliphatic rings. The maximum absolute atomic E-state index is 5.06. The second-order valence-corrected chi connectivity index (χ2v) is 8.29. The van der Waals surface area contributed by atoms with Crippen LogP contribution in [-0.2, 0) is 0 Å². The topological polar surface area (TPSA) is 25.9 Å². The lowest BCUT2D eigenvalue weighted by atomic mass is 10.3. The maximum Gasteiger partial charge on any atom is 0.131 e. The largest absolute Gasteiger partial charge is 0.355 e. The molecule has 0 bridgehead atoms. The van der Waals surface area contributed by atoms with Gasteiger partial charge in [-0.1, -0.05) is 6.07 Å². The minimum Gasteiger partial charge on any atom is -0.355 e. The van der Waals surface area contributed by atoms with Crippen molar-refractivity contribution in [2.24, 2.45) is 0 Å². The normalized spacial score (nSPS) is 21.3. The first-order valence-corrected chi connectivity index (χ1v) is 10.5. The van der Waals surface area contributed by atoms with Crippen molar-refractivity contribution in [3.05, 3.63) is 18.2 Å². The van der Waals surface area contributed by atoms with E-state index < -0.39 is 0 Å². The zero-order chi connectivity index (χ0) is 18.5. The number of anilines is 2. The molecule has 5 nitrogen and oxygen atoms in total. The van der Waals surface area contributed by atoms with Crippen LogP contribution in [-0.4, -0.2) is 79.2 Å². The highest BCUT2D eigenvalue weighted by atomic mass is 15.3. The predicted molar refractivity (Wildman–Crippen MR) is 111 cm³/mol. The van der Waals surface area contributed by atoms with Crippen LogP contribution in [0.15, 0.2) is 18.2 Å². The number of rotatable bonds is 4. The van der Waals surface area contributed by atoms with Gasteiger partial charge < -0.3 is 9.80 Å². The molecule has 3 rings (SSSR count). The Kier molecular flexibility index (Phi) is 6.76. The van der Waals surface area contributed by atoms with Gasteiger partial charge in [0.25, 0.3) is 0 Å². The van der Waals surface area contributed by atoms with Crippen molar-refractivity contribution >= 4 is 11.6 Å². The van der Waals surface area contributed by atoms with E-state index in [0.29, 0.717) is 12.1 Å². The summed E-state index contributed by atoms with van der Waals surface area (Å²) in [6.45, 7) is 18.3. The first-order valence-electron chi connectivity index (χ1n) is 10.5. The molecule has 2 aliphatic heterocycles. The van der Waals surface area contributed by atoms with E-state index in [0.717, 1.165) is 50.9 Å². The molecule has 0 saturated carbocycles. The van der Waals surface area contributed by atoms with E-state index in [2.05, 4.69) is 65.5 Å². The number of hydrogen-bond acceptors (Lipinski definition) is 5. The third-order valence-corrected chi connectivity index (χ3v) is 5.89. The molecule has 26 heavy (non-hydrogen) atoms. The summed E-state index contributed by atoms with van der Waals surface area (Å²) in [6, 6.07) is 7.83. The van der Waals surface area contributed by atoms with Gasteiger partial charge in [0.05, 0.1) is 0 Å². The lowest BCUT2D eigenvalue weighted by Gasteiger charge is -2.27. The molecule has 0 unspecified atom stereocenters. The minimum absolute atomic E-state index is 0.634. The Bertz CT molecular complexity index is 514. The first kappa shape index (κ1) is 19.4. The molecule has 0 radical (unpaired) electrons. The van der Waals surface area contributed by atoms with E-state index in [-0.39, 0.29) is 0 Å². The molecule has 5 heteroatoms. The molecule has 146 valence electrons. The Morgan fingerprint density at radius 2 is 1.12 bits per heavy atom. The van der Waals surface area contributed by atoms with Crippen molar-refractivity contribution in [3.63, 3.8) is 0 Å². The van der Waals surface area contributed by atoms with Gasteiger partial charge in [-0.05, 0) is 52.7 Å². The van der Waals surface area contributed by atoms with Gasteiger partial charge in [-0.15, -0.1) is 0 Å². The maximum atomic E-state index is 5.06. The second kappa shape index (κ2) is 9.05. The first-order chi connectivity index (χ1) is 12.5. The van der Waals surface area contributed by atoms with Crippen LogP contribution in [0, 0.1) is 0 Å². The van der Waals surface area contributed by atoms with E-state index in [9.17, 15) is 0 Å². The predicted octanol–water partition coefficient (Wildman–Crippen LogP) is 2.92. The van der Waals surface area contributed by atoms with E-state index in [1.54, 1.807) is 0 Å². The summed E-state index contributed by atoms with van der Waals surface area (Å²) < 4.78 is 0. The fraction of sp³-hybridized carbons (Fsp3) is 0.762. The summed E-state index contributed by atoms with van der Waals surface area (Å²) >= 11 is 0. The molecule has 2 fully saturated rings. The smallest absolute Gasteiger partial charge is 0.131 e. The van der Waals surface area contributed by atoms with Gasteiger partial charge in [-0.3, -0.25) is 9.80 Å². The highest BCUT2D eigenvalue weighted by Crippen LogP contribution is 2.21. The van der Waals surface area contributed by atoms with Crippen molar-refractivity contribution < 1.29 is 0 Å². The minimum atomic E-state index is 0.634. The fourth-order valence-electron chi connectivity index (χ4n) is 4.13. The van der Waals surface area contributed by atoms with Gasteiger partial charge in [0, 0.05) is 64.4 Å². The summed E-state index contributed by atoms with van der Waals surface area (Å²) in [4.78, 5) is 15.2. The zero-order valence-corrected chi connectivity index (χ0v) is 17.2. The van der Waals surface area contributed by atoms with E-state index in [4.69, 9.17) is 4.98 Å². The standard InChI is InChI=1S/C21H37N5/c1-18(2)23-10-6-12-25(16-14-23)20-8-5-9-21(22-20)26-13-7-11-24(15-17-26)19(3)4/h5,8-9,18-19H,6-7,10-17H2,1-4H3. The Labute approximate surface area is 160 Å². The monoisotopic (exact) mass is 359 g/mol. The van der Waals surface area contributed by atoms with E-state index in [1.165, 1.54) is 25.9 Å². The van der Waals surface area contributed by atoms with Crippen molar-refractivity contribution in [2.45, 2.75) is 52.6 Å². The van der Waals surface area contributed by atoms with Crippen LogP contribution in [0.3, 0.4) is 0 Å². The summed E-state index contributed by atoms with van der Waals surface area (Å²) in [6.07, 6.45) is 2.44. The molecular formula is C21H37N5. The molecule has 1 aromatic heterocycles. The Hall–Kier alpha value is -1.33. The highest BCUT2D eigenvalue weighted by molar-refractivity contribution is 5.49. The average Bonchev–Trinajstić information content (AvgIpc) is 3.03. The zero-order valence-electron chi connectivity index (χ0n) is 17.2. The summed E-state index contributed by atoms with van der Waals surface area (Å²) in [5.41, 5.74) is 0. The lowest BCUT2D eigenvalue weighted by molar-refractivity contribution is 0.238. The molecular weight excluding hydrogens is 322 g/mol. The van der Waals surface area contributed by atoms with E-state index >= 15 is 0 Å². The van der Waals surface area contributed by atoms with E-state index in [1.807, 2.05) is 0 Å². The van der Waals surface area contributed by atoms with Crippen molar-refractivity contribution in [1.82, 2.24) is 14.8 Å². The van der Waals surface area contributed by atoms with Crippen LogP contribution >= 0.6 is 0 Å². The molecule has 3 heterocycles. The van der Waals surface area contributed by atoms with Crippen LogP contribution in [0.4, 0.5) is 11.6 Å². The SMILES string of the molecule is CC(C)N1CCCN(c2cccc(N3CCCN(C(C)C)CC3)n2)CC1. The highest BCUT2D eigenvalue weighted by Gasteiger charge is 2.20. The summed E-state index contributed by atoms with van der Waals surface area (Å²) in [7, 11) is 0. The lowest BCUT2D eigenvalue weighted by Crippen LogP contribution is -2.36. The molecule has 1 aromatic rings. The molecule has 0 N–H and O–H groups in total. The van der Waals surface area contributed by atoms with Gasteiger partial charge >= 0.3 is 0 Å². The van der Waals surface area contributed by atoms with Crippen LogP contribution in [0.1, 0.15) is 40.5 Å². The van der Waals surface area contributed by atoms with Crippen molar-refractivity contribution in [2.75, 3.05) is 62.2 Å². The number of nitrogens with zero attached hydrogens (tertiary/aromatic N) is 5. The number of pyridine rings is 1. The third kappa shape index (κ3) is 4.89. The molecule has 0 aromatic carbocycles. The van der Waals surface area contributed by atoms with Gasteiger partial charge in [0.1, 0.15) is 11.6 Å². The van der Waals surface area contributed by atoms with Crippen LogP contribution in [0.25, 0.3) is 0 Å². The van der Waals surface area contributed by atoms with Crippen molar-refractivity contribution in [3.8, 4) is 0 Å². The van der Waals surface area contributed by atoms with Gasteiger partial charge in [-0.2, -0.15) is 0 Å². The number of aromatic nitrogens is 1. The van der Waals surface area contributed by atoms with Crippen LogP contribution < -0.4 is 9.80 Å². The van der Waals surface area contributed by atoms with Crippen LogP contribution in [0.2, 0.25) is 0 Å². The molecule has 2 saturated heterocycles. The third-order valence-electron chi connectivity index (χ3n) is 5.89. The number of hydrogen-bond donors (Lipinski definition) is 0. The Morgan fingerprint density at radius 3 is 1.54 bits per heavy atom. The molecule has 0 spiro atoms. The van der Waals surface area contributed by atoms with Crippen LogP contribution in [0.5, 0.6) is 0 Å². The van der Waals surface area contributed by atoms with Gasteiger partial charge in [0.2, 0.25) is 0 Å². The van der Waals surface area contributed by atoms with Crippen molar-refractivity contribution in [1.29, 1.82) is 0 Å². The van der Waals surface area contributed by atoms with Gasteiger partial charge in [0.15, 0.2) is 0 Å². The Morgan fingerprint density at radius 1 is 0.654 bits per heavy atom. The quantitative estimate of drug-likeness (QED) is 0.823. The average molecular weight is 360 g/mol. The molecule has 0 amide bonds. The summed E-state index contributed by atoms with van der Waals surface area (Å²) in [5.74, 6) is 2.30. The molecule has 0 atom stereocenters. The fourth-order valence-corrected chi connectivity index (χ4v) is 4.13. The second-order valence-electron chi connectivity index (χ2n) is 8.29. The van der Waals surface area contributed by atoms with Gasteiger partial charge in [-0.25, -0.2) is 4.98 Å². The Balaban J connectivity index is 1.66. The molecule has 0 aliphatic carbocycles.